The molecule has 11 heteroatoms. The first-order valence-corrected chi connectivity index (χ1v) is 10.5. The molecule has 2 aromatic rings. The molecule has 1 saturated carbocycles. The Morgan fingerprint density at radius 1 is 1.17 bits per heavy atom. The van der Waals surface area contributed by atoms with Crippen LogP contribution in [0.5, 0.6) is 5.75 Å². The highest BCUT2D eigenvalue weighted by Crippen LogP contribution is 2.28. The molecule has 1 fully saturated rings. The van der Waals surface area contributed by atoms with E-state index in [4.69, 9.17) is 4.74 Å². The Hall–Kier alpha value is -2.27. The molecule has 3 rings (SSSR count). The number of rotatable bonds is 6. The predicted octanol–water partition coefficient (Wildman–Crippen LogP) is 0.221. The minimum absolute atomic E-state index is 0. The SMILES string of the molecule is CS(=O)(=O)c1ccc(OC[C@H]2C[C@@H](NC(=O)c3cncnc3)[C@H](O)[C@@H]2O)cc1.Cl. The van der Waals surface area contributed by atoms with Crippen LogP contribution in [-0.4, -0.2) is 65.6 Å². The number of nitrogens with zero attached hydrogens (tertiary/aromatic N) is 2. The molecule has 0 spiro atoms. The third-order valence-corrected chi connectivity index (χ3v) is 5.79. The lowest BCUT2D eigenvalue weighted by molar-refractivity contribution is 0.00252. The lowest BCUT2D eigenvalue weighted by atomic mass is 10.1. The van der Waals surface area contributed by atoms with Crippen molar-refractivity contribution in [2.24, 2.45) is 5.92 Å². The van der Waals surface area contributed by atoms with E-state index in [1.165, 1.54) is 43.0 Å². The number of benzene rings is 1. The van der Waals surface area contributed by atoms with E-state index in [1.807, 2.05) is 0 Å². The van der Waals surface area contributed by atoms with E-state index in [0.717, 1.165) is 6.26 Å². The number of aliphatic hydroxyl groups excluding tert-OH is 2. The van der Waals surface area contributed by atoms with Crippen LogP contribution in [0.1, 0.15) is 16.8 Å². The highest BCUT2D eigenvalue weighted by Gasteiger charge is 2.42. The van der Waals surface area contributed by atoms with Gasteiger partial charge in [0.2, 0.25) is 0 Å². The van der Waals surface area contributed by atoms with Gasteiger partial charge in [0.15, 0.2) is 9.84 Å². The van der Waals surface area contributed by atoms with E-state index in [-0.39, 0.29) is 29.5 Å². The number of nitrogens with one attached hydrogen (secondary N) is 1. The zero-order chi connectivity index (χ0) is 20.3. The highest BCUT2D eigenvalue weighted by molar-refractivity contribution is 7.90. The number of hydrogen-bond acceptors (Lipinski definition) is 8. The monoisotopic (exact) mass is 443 g/mol. The molecule has 158 valence electrons. The third-order valence-electron chi connectivity index (χ3n) is 4.66. The second-order valence-corrected chi connectivity index (χ2v) is 8.75. The van der Waals surface area contributed by atoms with Gasteiger partial charge in [0, 0.05) is 24.6 Å². The summed E-state index contributed by atoms with van der Waals surface area (Å²) in [6.07, 6.45) is 3.28. The Kier molecular flexibility index (Phi) is 7.53. The van der Waals surface area contributed by atoms with Gasteiger partial charge in [0.1, 0.15) is 18.2 Å². The van der Waals surface area contributed by atoms with Gasteiger partial charge >= 0.3 is 0 Å². The molecule has 1 aromatic heterocycles. The Bertz CT molecular complexity index is 926. The fourth-order valence-corrected chi connectivity index (χ4v) is 3.72. The largest absolute Gasteiger partial charge is 0.493 e. The Labute approximate surface area is 174 Å². The van der Waals surface area contributed by atoms with E-state index < -0.39 is 39.9 Å². The molecular weight excluding hydrogens is 422 g/mol. The maximum atomic E-state index is 12.2. The summed E-state index contributed by atoms with van der Waals surface area (Å²) in [5.74, 6) is -0.389. The molecule has 0 bridgehead atoms. The number of hydrogen-bond donors (Lipinski definition) is 3. The quantitative estimate of drug-likeness (QED) is 0.576. The highest BCUT2D eigenvalue weighted by atomic mass is 35.5. The molecule has 4 atom stereocenters. The first kappa shape index (κ1) is 23.0. The molecule has 29 heavy (non-hydrogen) atoms. The van der Waals surface area contributed by atoms with Crippen molar-refractivity contribution in [3.8, 4) is 5.75 Å². The number of carbonyl (C=O) groups excluding carboxylic acids is 1. The number of ether oxygens (including phenoxy) is 1. The fraction of sp³-hybridized carbons (Fsp3) is 0.389. The molecule has 0 radical (unpaired) electrons. The molecule has 1 heterocycles. The number of aliphatic hydroxyl groups is 2. The van der Waals surface area contributed by atoms with Gasteiger partial charge in [-0.2, -0.15) is 0 Å². The smallest absolute Gasteiger partial charge is 0.254 e. The van der Waals surface area contributed by atoms with Gasteiger partial charge in [0.25, 0.3) is 5.91 Å². The summed E-state index contributed by atoms with van der Waals surface area (Å²) in [5.41, 5.74) is 0.259. The average Bonchev–Trinajstić information content (AvgIpc) is 2.94. The summed E-state index contributed by atoms with van der Waals surface area (Å²) in [7, 11) is -3.29. The maximum absolute atomic E-state index is 12.2. The van der Waals surface area contributed by atoms with E-state index >= 15 is 0 Å². The van der Waals surface area contributed by atoms with Crippen molar-refractivity contribution in [3.63, 3.8) is 0 Å². The van der Waals surface area contributed by atoms with Crippen LogP contribution in [0.15, 0.2) is 47.9 Å². The molecule has 3 N–H and O–H groups in total. The van der Waals surface area contributed by atoms with E-state index in [1.54, 1.807) is 0 Å². The zero-order valence-corrected chi connectivity index (χ0v) is 17.1. The van der Waals surface area contributed by atoms with Crippen LogP contribution < -0.4 is 10.1 Å². The van der Waals surface area contributed by atoms with Crippen LogP contribution in [0.4, 0.5) is 0 Å². The van der Waals surface area contributed by atoms with Crippen LogP contribution in [-0.2, 0) is 9.84 Å². The van der Waals surface area contributed by atoms with E-state index in [9.17, 15) is 23.4 Å². The maximum Gasteiger partial charge on any atom is 0.254 e. The molecule has 0 unspecified atom stereocenters. The van der Waals surface area contributed by atoms with Crippen molar-refractivity contribution >= 4 is 28.2 Å². The number of amides is 1. The third kappa shape index (κ3) is 5.63. The van der Waals surface area contributed by atoms with Crippen LogP contribution in [0, 0.1) is 5.92 Å². The van der Waals surface area contributed by atoms with Crippen molar-refractivity contribution < 1.29 is 28.2 Å². The lowest BCUT2D eigenvalue weighted by Crippen LogP contribution is -2.43. The topological polar surface area (TPSA) is 139 Å². The second kappa shape index (κ2) is 9.49. The predicted molar refractivity (Wildman–Crippen MR) is 106 cm³/mol. The molecule has 1 amide bonds. The number of sulfone groups is 1. The normalized spacial score (nSPS) is 23.8. The Morgan fingerprint density at radius 2 is 1.79 bits per heavy atom. The van der Waals surface area contributed by atoms with Crippen LogP contribution in [0.25, 0.3) is 0 Å². The van der Waals surface area contributed by atoms with Gasteiger partial charge < -0.3 is 20.3 Å². The van der Waals surface area contributed by atoms with Gasteiger partial charge in [-0.15, -0.1) is 12.4 Å². The van der Waals surface area contributed by atoms with Crippen molar-refractivity contribution in [3.05, 3.63) is 48.5 Å². The number of aromatic nitrogens is 2. The van der Waals surface area contributed by atoms with Crippen molar-refractivity contribution in [2.45, 2.75) is 29.6 Å². The van der Waals surface area contributed by atoms with Crippen LogP contribution >= 0.6 is 12.4 Å². The van der Waals surface area contributed by atoms with Gasteiger partial charge in [-0.05, 0) is 30.7 Å². The van der Waals surface area contributed by atoms with E-state index in [2.05, 4.69) is 15.3 Å². The van der Waals surface area contributed by atoms with Gasteiger partial charge in [-0.25, -0.2) is 18.4 Å². The van der Waals surface area contributed by atoms with E-state index in [0.29, 0.717) is 12.2 Å². The van der Waals surface area contributed by atoms with Gasteiger partial charge in [-0.3, -0.25) is 4.79 Å². The first-order valence-electron chi connectivity index (χ1n) is 8.60. The van der Waals surface area contributed by atoms with Crippen molar-refractivity contribution in [1.29, 1.82) is 0 Å². The van der Waals surface area contributed by atoms with Crippen molar-refractivity contribution in [1.82, 2.24) is 15.3 Å². The molecule has 9 nitrogen and oxygen atoms in total. The minimum atomic E-state index is -3.29. The molecular formula is C18H22ClN3O6S. The molecule has 0 aliphatic heterocycles. The average molecular weight is 444 g/mol. The lowest BCUT2D eigenvalue weighted by Gasteiger charge is -2.18. The summed E-state index contributed by atoms with van der Waals surface area (Å²) >= 11 is 0. The van der Waals surface area contributed by atoms with Crippen molar-refractivity contribution in [2.75, 3.05) is 12.9 Å². The van der Waals surface area contributed by atoms with Crippen LogP contribution in [0.2, 0.25) is 0 Å². The summed E-state index contributed by atoms with van der Waals surface area (Å²) in [6.45, 7) is 0.108. The summed E-state index contributed by atoms with van der Waals surface area (Å²) in [5, 5.41) is 23.2. The summed E-state index contributed by atoms with van der Waals surface area (Å²) in [4.78, 5) is 19.9. The van der Waals surface area contributed by atoms with Crippen LogP contribution in [0.3, 0.4) is 0 Å². The Morgan fingerprint density at radius 3 is 2.38 bits per heavy atom. The second-order valence-electron chi connectivity index (χ2n) is 6.74. The summed E-state index contributed by atoms with van der Waals surface area (Å²) in [6, 6.07) is 5.31. The molecule has 1 aromatic carbocycles. The number of halogens is 1. The van der Waals surface area contributed by atoms with Gasteiger partial charge in [0.05, 0.1) is 29.2 Å². The first-order chi connectivity index (χ1) is 13.3. The number of carbonyl (C=O) groups is 1. The standard InChI is InChI=1S/C18H21N3O6S.ClH/c1-28(25,26)14-4-2-13(3-5-14)27-9-11-6-15(17(23)16(11)22)21-18(24)12-7-19-10-20-8-12;/h2-5,7-8,10-11,15-17,22-23H,6,9H2,1H3,(H,21,24);1H/t11-,15-,16-,17+;/m1./s1. The fourth-order valence-electron chi connectivity index (χ4n) is 3.09. The van der Waals surface area contributed by atoms with Gasteiger partial charge in [-0.1, -0.05) is 0 Å². The Balaban J connectivity index is 0.00000300. The molecule has 1 aliphatic carbocycles. The molecule has 0 saturated heterocycles. The molecule has 1 aliphatic rings. The minimum Gasteiger partial charge on any atom is -0.493 e. The zero-order valence-electron chi connectivity index (χ0n) is 15.5. The summed E-state index contributed by atoms with van der Waals surface area (Å²) < 4.78 is 28.6.